The summed E-state index contributed by atoms with van der Waals surface area (Å²) >= 11 is 1.69. The van der Waals surface area contributed by atoms with Crippen molar-refractivity contribution in [3.05, 3.63) is 22.4 Å². The fourth-order valence-corrected chi connectivity index (χ4v) is 2.42. The topological polar surface area (TPSA) is 20.3 Å². The molecule has 16 heavy (non-hydrogen) atoms. The summed E-state index contributed by atoms with van der Waals surface area (Å²) < 4.78 is 0. The first kappa shape index (κ1) is 11.6. The maximum Gasteiger partial charge on any atom is 0.228 e. The van der Waals surface area contributed by atoms with Gasteiger partial charge in [-0.2, -0.15) is 11.3 Å². The Bertz CT molecular complexity index is 360. The van der Waals surface area contributed by atoms with Crippen LogP contribution in [0.2, 0.25) is 0 Å². The molecule has 1 aromatic rings. The molecule has 0 atom stereocenters. The van der Waals surface area contributed by atoms with Crippen LogP contribution in [0.1, 0.15) is 39.2 Å². The number of carbonyl (C=O) groups is 1. The van der Waals surface area contributed by atoms with Crippen LogP contribution < -0.4 is 0 Å². The zero-order valence-corrected chi connectivity index (χ0v) is 11.0. The van der Waals surface area contributed by atoms with Gasteiger partial charge in [-0.25, -0.2) is 0 Å². The van der Waals surface area contributed by atoms with E-state index in [-0.39, 0.29) is 11.3 Å². The van der Waals surface area contributed by atoms with E-state index >= 15 is 0 Å². The quantitative estimate of drug-likeness (QED) is 0.790. The summed E-state index contributed by atoms with van der Waals surface area (Å²) in [5, 5.41) is 4.20. The van der Waals surface area contributed by atoms with Crippen LogP contribution in [0.4, 0.5) is 0 Å². The number of hydrogen-bond donors (Lipinski definition) is 0. The molecule has 0 saturated heterocycles. The van der Waals surface area contributed by atoms with Gasteiger partial charge in [0.15, 0.2) is 0 Å². The van der Waals surface area contributed by atoms with E-state index in [0.717, 1.165) is 6.54 Å². The zero-order chi connectivity index (χ0) is 11.8. The molecular formula is C13H19NOS. The van der Waals surface area contributed by atoms with Gasteiger partial charge in [0.05, 0.1) is 0 Å². The summed E-state index contributed by atoms with van der Waals surface area (Å²) in [5.74, 6) is 0.279. The maximum atomic E-state index is 12.3. The molecule has 0 spiro atoms. The number of carbonyl (C=O) groups excluding carboxylic acids is 1. The molecule has 3 heteroatoms. The Balaban J connectivity index is 2.09. The van der Waals surface area contributed by atoms with Crippen molar-refractivity contribution in [2.45, 2.75) is 46.2 Å². The largest absolute Gasteiger partial charge is 0.335 e. The molecule has 1 aliphatic rings. The standard InChI is InChI=1S/C13H19NOS/c1-13(2,3)12(15)14(11-4-5-11)8-10-6-7-16-9-10/h6-7,9,11H,4-5,8H2,1-3H3. The lowest BCUT2D eigenvalue weighted by atomic mass is 9.94. The van der Waals surface area contributed by atoms with Crippen LogP contribution in [0.3, 0.4) is 0 Å². The summed E-state index contributed by atoms with van der Waals surface area (Å²) in [4.78, 5) is 14.4. The molecule has 1 amide bonds. The fourth-order valence-electron chi connectivity index (χ4n) is 1.76. The fraction of sp³-hybridized carbons (Fsp3) is 0.615. The third-order valence-corrected chi connectivity index (χ3v) is 3.56. The van der Waals surface area contributed by atoms with E-state index in [0.29, 0.717) is 6.04 Å². The van der Waals surface area contributed by atoms with Crippen molar-refractivity contribution in [1.82, 2.24) is 4.90 Å². The number of thiophene rings is 1. The molecule has 0 unspecified atom stereocenters. The van der Waals surface area contributed by atoms with Crippen molar-refractivity contribution in [2.75, 3.05) is 0 Å². The average molecular weight is 237 g/mol. The summed E-state index contributed by atoms with van der Waals surface area (Å²) in [6.45, 7) is 6.78. The maximum absolute atomic E-state index is 12.3. The molecule has 2 rings (SSSR count). The van der Waals surface area contributed by atoms with Gasteiger partial charge in [-0.05, 0) is 35.2 Å². The molecule has 1 aliphatic carbocycles. The predicted molar refractivity (Wildman–Crippen MR) is 67.3 cm³/mol. The molecule has 1 heterocycles. The second-order valence-electron chi connectivity index (χ2n) is 5.55. The minimum atomic E-state index is -0.265. The van der Waals surface area contributed by atoms with E-state index in [1.807, 2.05) is 20.8 Å². The Morgan fingerprint density at radius 2 is 2.19 bits per heavy atom. The molecular weight excluding hydrogens is 218 g/mol. The Labute approximate surface area is 101 Å². The van der Waals surface area contributed by atoms with Gasteiger partial charge in [-0.1, -0.05) is 20.8 Å². The highest BCUT2D eigenvalue weighted by Crippen LogP contribution is 2.32. The first-order valence-electron chi connectivity index (χ1n) is 5.80. The van der Waals surface area contributed by atoms with E-state index in [2.05, 4.69) is 21.7 Å². The van der Waals surface area contributed by atoms with Gasteiger partial charge in [0.1, 0.15) is 0 Å². The lowest BCUT2D eigenvalue weighted by Gasteiger charge is -2.29. The first-order valence-corrected chi connectivity index (χ1v) is 6.75. The van der Waals surface area contributed by atoms with Crippen LogP contribution in [-0.2, 0) is 11.3 Å². The van der Waals surface area contributed by atoms with Gasteiger partial charge in [0.25, 0.3) is 0 Å². The van der Waals surface area contributed by atoms with E-state index in [4.69, 9.17) is 0 Å². The predicted octanol–water partition coefficient (Wildman–Crippen LogP) is 3.29. The van der Waals surface area contributed by atoms with Gasteiger partial charge in [0.2, 0.25) is 5.91 Å². The molecule has 0 aliphatic heterocycles. The van der Waals surface area contributed by atoms with Gasteiger partial charge in [-0.15, -0.1) is 0 Å². The van der Waals surface area contributed by atoms with E-state index in [9.17, 15) is 4.79 Å². The molecule has 0 aromatic carbocycles. The van der Waals surface area contributed by atoms with Crippen molar-refractivity contribution in [2.24, 2.45) is 5.41 Å². The van der Waals surface area contributed by atoms with Gasteiger partial charge >= 0.3 is 0 Å². The van der Waals surface area contributed by atoms with Gasteiger partial charge in [0, 0.05) is 18.0 Å². The molecule has 1 aromatic heterocycles. The molecule has 1 fully saturated rings. The smallest absolute Gasteiger partial charge is 0.228 e. The Kier molecular flexibility index (Phi) is 3.06. The van der Waals surface area contributed by atoms with E-state index in [1.165, 1.54) is 18.4 Å². The van der Waals surface area contributed by atoms with Crippen LogP contribution in [-0.4, -0.2) is 16.8 Å². The zero-order valence-electron chi connectivity index (χ0n) is 10.2. The number of rotatable bonds is 3. The van der Waals surface area contributed by atoms with Crippen LogP contribution >= 0.6 is 11.3 Å². The minimum absolute atomic E-state index is 0.265. The Hall–Kier alpha value is -0.830. The van der Waals surface area contributed by atoms with Crippen molar-refractivity contribution in [3.63, 3.8) is 0 Å². The highest BCUT2D eigenvalue weighted by atomic mass is 32.1. The Morgan fingerprint density at radius 3 is 2.62 bits per heavy atom. The highest BCUT2D eigenvalue weighted by molar-refractivity contribution is 7.07. The number of nitrogens with zero attached hydrogens (tertiary/aromatic N) is 1. The average Bonchev–Trinajstić information content (AvgIpc) is 2.90. The van der Waals surface area contributed by atoms with Crippen LogP contribution in [0, 0.1) is 5.41 Å². The normalized spacial score (nSPS) is 16.2. The Morgan fingerprint density at radius 1 is 1.50 bits per heavy atom. The van der Waals surface area contributed by atoms with Crippen LogP contribution in [0.25, 0.3) is 0 Å². The number of amides is 1. The van der Waals surface area contributed by atoms with E-state index in [1.54, 1.807) is 11.3 Å². The van der Waals surface area contributed by atoms with Crippen molar-refractivity contribution >= 4 is 17.2 Å². The van der Waals surface area contributed by atoms with Crippen molar-refractivity contribution in [3.8, 4) is 0 Å². The summed E-state index contributed by atoms with van der Waals surface area (Å²) in [6, 6.07) is 2.60. The molecule has 1 saturated carbocycles. The molecule has 0 bridgehead atoms. The molecule has 2 nitrogen and oxygen atoms in total. The van der Waals surface area contributed by atoms with Crippen LogP contribution in [0.15, 0.2) is 16.8 Å². The second-order valence-corrected chi connectivity index (χ2v) is 6.33. The van der Waals surface area contributed by atoms with Crippen molar-refractivity contribution < 1.29 is 4.79 Å². The third kappa shape index (κ3) is 2.64. The lowest BCUT2D eigenvalue weighted by molar-refractivity contribution is -0.140. The number of hydrogen-bond acceptors (Lipinski definition) is 2. The lowest BCUT2D eigenvalue weighted by Crippen LogP contribution is -2.40. The summed E-state index contributed by atoms with van der Waals surface area (Å²) in [7, 11) is 0. The monoisotopic (exact) mass is 237 g/mol. The van der Waals surface area contributed by atoms with Gasteiger partial charge in [-0.3, -0.25) is 4.79 Å². The summed E-state index contributed by atoms with van der Waals surface area (Å²) in [6.07, 6.45) is 2.35. The third-order valence-electron chi connectivity index (χ3n) is 2.82. The highest BCUT2D eigenvalue weighted by Gasteiger charge is 2.37. The molecule has 0 N–H and O–H groups in total. The summed E-state index contributed by atoms with van der Waals surface area (Å²) in [5.41, 5.74) is 0.994. The van der Waals surface area contributed by atoms with Gasteiger partial charge < -0.3 is 4.90 Å². The molecule has 88 valence electrons. The minimum Gasteiger partial charge on any atom is -0.335 e. The van der Waals surface area contributed by atoms with E-state index < -0.39 is 0 Å². The first-order chi connectivity index (χ1) is 7.48. The van der Waals surface area contributed by atoms with Crippen LogP contribution in [0.5, 0.6) is 0 Å². The molecule has 0 radical (unpaired) electrons. The SMILES string of the molecule is CC(C)(C)C(=O)N(Cc1ccsc1)C1CC1. The van der Waals surface area contributed by atoms with Crippen molar-refractivity contribution in [1.29, 1.82) is 0 Å². The second kappa shape index (κ2) is 4.21.